The van der Waals surface area contributed by atoms with Gasteiger partial charge in [0.2, 0.25) is 0 Å². The second-order valence-corrected chi connectivity index (χ2v) is 5.75. The summed E-state index contributed by atoms with van der Waals surface area (Å²) in [6.45, 7) is 1.21. The van der Waals surface area contributed by atoms with Crippen molar-refractivity contribution in [2.24, 2.45) is 11.8 Å². The third kappa shape index (κ3) is 5.44. The molecule has 0 spiro atoms. The van der Waals surface area contributed by atoms with Gasteiger partial charge in [0.25, 0.3) is 5.91 Å². The quantitative estimate of drug-likeness (QED) is 0.521. The molecule has 28 heavy (non-hydrogen) atoms. The third-order valence-electron chi connectivity index (χ3n) is 3.99. The number of rotatable bonds is 7. The van der Waals surface area contributed by atoms with Crippen LogP contribution in [0, 0.1) is 11.8 Å². The van der Waals surface area contributed by atoms with Crippen LogP contribution in [0.15, 0.2) is 24.3 Å². The summed E-state index contributed by atoms with van der Waals surface area (Å²) in [4.78, 5) is 47.5. The Labute approximate surface area is 157 Å². The zero-order chi connectivity index (χ0) is 21.6. The number of esters is 2. The van der Waals surface area contributed by atoms with E-state index in [1.165, 1.54) is 6.92 Å². The van der Waals surface area contributed by atoms with Crippen LogP contribution >= 0.6 is 0 Å². The fourth-order valence-electron chi connectivity index (χ4n) is 2.43. The van der Waals surface area contributed by atoms with Crippen molar-refractivity contribution in [1.29, 1.82) is 0 Å². The zero-order valence-electron chi connectivity index (χ0n) is 15.1. The van der Waals surface area contributed by atoms with Crippen LogP contribution in [0.5, 0.6) is 0 Å². The molecule has 0 aromatic heterocycles. The van der Waals surface area contributed by atoms with E-state index in [-0.39, 0.29) is 5.56 Å². The molecule has 154 valence electrons. The summed E-state index contributed by atoms with van der Waals surface area (Å²) in [6, 6.07) is 1.36. The number of aliphatic carboxylic acids is 1. The lowest BCUT2D eigenvalue weighted by Gasteiger charge is -2.26. The molecular weight excluding hydrogens is 387 g/mol. The third-order valence-corrected chi connectivity index (χ3v) is 3.99. The maximum Gasteiger partial charge on any atom is 0.416 e. The number of hydrogen-bond donors (Lipinski definition) is 2. The van der Waals surface area contributed by atoms with E-state index < -0.39 is 53.4 Å². The molecule has 2 atom stereocenters. The average Bonchev–Trinajstić information content (AvgIpc) is 2.64. The van der Waals surface area contributed by atoms with E-state index >= 15 is 0 Å². The van der Waals surface area contributed by atoms with Gasteiger partial charge in [0.15, 0.2) is 5.92 Å². The number of halogens is 3. The predicted molar refractivity (Wildman–Crippen MR) is 87.0 cm³/mol. The first-order valence-electron chi connectivity index (χ1n) is 7.80. The Kier molecular flexibility index (Phi) is 7.53. The number of hydrogen-bond acceptors (Lipinski definition) is 6. The monoisotopic (exact) mass is 405 g/mol. The lowest BCUT2D eigenvalue weighted by molar-refractivity contribution is -0.162. The van der Waals surface area contributed by atoms with Crippen LogP contribution in [0.1, 0.15) is 22.8 Å². The van der Waals surface area contributed by atoms with Crippen molar-refractivity contribution in [2.75, 3.05) is 14.2 Å². The molecular formula is C17H18F3NO7. The first kappa shape index (κ1) is 22.9. The number of carbonyl (C=O) groups is 4. The smallest absolute Gasteiger partial charge is 0.416 e. The highest BCUT2D eigenvalue weighted by molar-refractivity contribution is 5.98. The molecule has 1 amide bonds. The number of carboxylic acids is 1. The molecule has 8 nitrogen and oxygen atoms in total. The van der Waals surface area contributed by atoms with Gasteiger partial charge < -0.3 is 19.9 Å². The Morgan fingerprint density at radius 2 is 1.46 bits per heavy atom. The highest BCUT2D eigenvalue weighted by Crippen LogP contribution is 2.29. The highest BCUT2D eigenvalue weighted by Gasteiger charge is 2.42. The van der Waals surface area contributed by atoms with Gasteiger partial charge in [-0.15, -0.1) is 0 Å². The van der Waals surface area contributed by atoms with Crippen LogP contribution in [0.3, 0.4) is 0 Å². The summed E-state index contributed by atoms with van der Waals surface area (Å²) in [5.41, 5.74) is -1.22. The van der Waals surface area contributed by atoms with E-state index in [1.54, 1.807) is 0 Å². The van der Waals surface area contributed by atoms with Crippen molar-refractivity contribution in [3.05, 3.63) is 35.4 Å². The molecule has 11 heteroatoms. The van der Waals surface area contributed by atoms with E-state index in [9.17, 15) is 37.5 Å². The molecule has 0 heterocycles. The van der Waals surface area contributed by atoms with Gasteiger partial charge in [0, 0.05) is 11.5 Å². The van der Waals surface area contributed by atoms with E-state index in [4.69, 9.17) is 0 Å². The Balaban J connectivity index is 3.08. The van der Waals surface area contributed by atoms with Crippen molar-refractivity contribution in [3.8, 4) is 0 Å². The molecule has 1 aromatic rings. The first-order valence-corrected chi connectivity index (χ1v) is 7.80. The number of amides is 1. The second-order valence-electron chi connectivity index (χ2n) is 5.75. The van der Waals surface area contributed by atoms with Gasteiger partial charge in [-0.05, 0) is 24.3 Å². The van der Waals surface area contributed by atoms with Gasteiger partial charge in [0.05, 0.1) is 19.8 Å². The number of nitrogens with one attached hydrogen (secondary N) is 1. The molecule has 0 aliphatic rings. The average molecular weight is 405 g/mol. The fourth-order valence-corrected chi connectivity index (χ4v) is 2.43. The molecule has 0 saturated heterocycles. The number of alkyl halides is 3. The Hall–Kier alpha value is -3.11. The molecule has 0 saturated carbocycles. The standard InChI is InChI=1S/C17H18F3NO7/c1-8(11(15(25)27-2)16(26)28-3)12(14(23)24)21-13(22)9-4-6-10(7-5-9)17(18,19)20/h4-8,11-12H,1-3H3,(H,21,22)(H,23,24)/t8-,12-/m1/s1. The van der Waals surface area contributed by atoms with Gasteiger partial charge in [-0.1, -0.05) is 6.92 Å². The fraction of sp³-hybridized carbons (Fsp3) is 0.412. The molecule has 1 aromatic carbocycles. The van der Waals surface area contributed by atoms with Crippen LogP contribution in [0.2, 0.25) is 0 Å². The minimum Gasteiger partial charge on any atom is -0.480 e. The van der Waals surface area contributed by atoms with E-state index in [1.807, 2.05) is 0 Å². The Bertz CT molecular complexity index is 730. The summed E-state index contributed by atoms with van der Waals surface area (Å²) in [5, 5.41) is 11.5. The summed E-state index contributed by atoms with van der Waals surface area (Å²) in [7, 11) is 1.98. The molecule has 2 N–H and O–H groups in total. The number of benzene rings is 1. The van der Waals surface area contributed by atoms with Crippen LogP contribution < -0.4 is 5.32 Å². The van der Waals surface area contributed by atoms with Crippen molar-refractivity contribution in [2.45, 2.75) is 19.1 Å². The van der Waals surface area contributed by atoms with E-state index in [0.29, 0.717) is 12.1 Å². The van der Waals surface area contributed by atoms with Gasteiger partial charge in [-0.2, -0.15) is 13.2 Å². The van der Waals surface area contributed by atoms with Crippen LogP contribution in [0.25, 0.3) is 0 Å². The maximum absolute atomic E-state index is 12.6. The normalized spacial score (nSPS) is 13.4. The summed E-state index contributed by atoms with van der Waals surface area (Å²) in [5.74, 6) is -7.60. The minimum absolute atomic E-state index is 0.237. The molecule has 0 aliphatic carbocycles. The van der Waals surface area contributed by atoms with E-state index in [2.05, 4.69) is 14.8 Å². The lowest BCUT2D eigenvalue weighted by atomic mass is 9.87. The topological polar surface area (TPSA) is 119 Å². The molecule has 1 rings (SSSR count). The summed E-state index contributed by atoms with van der Waals surface area (Å²) < 4.78 is 46.7. The summed E-state index contributed by atoms with van der Waals surface area (Å²) in [6.07, 6.45) is -4.60. The van der Waals surface area contributed by atoms with Gasteiger partial charge >= 0.3 is 24.1 Å². The largest absolute Gasteiger partial charge is 0.480 e. The van der Waals surface area contributed by atoms with Crippen molar-refractivity contribution in [1.82, 2.24) is 5.32 Å². The number of ether oxygens (including phenoxy) is 2. The number of carbonyl (C=O) groups excluding carboxylic acids is 3. The van der Waals surface area contributed by atoms with Crippen molar-refractivity contribution in [3.63, 3.8) is 0 Å². The maximum atomic E-state index is 12.6. The number of carboxylic acid groups (broad SMARTS) is 1. The first-order chi connectivity index (χ1) is 12.9. The Morgan fingerprint density at radius 3 is 1.82 bits per heavy atom. The summed E-state index contributed by atoms with van der Waals surface area (Å²) >= 11 is 0. The van der Waals surface area contributed by atoms with Gasteiger partial charge in [-0.25, -0.2) is 4.79 Å². The minimum atomic E-state index is -4.60. The highest BCUT2D eigenvalue weighted by atomic mass is 19.4. The number of methoxy groups -OCH3 is 2. The molecule has 0 radical (unpaired) electrons. The van der Waals surface area contributed by atoms with Crippen LogP contribution in [-0.2, 0) is 30.0 Å². The Morgan fingerprint density at radius 1 is 1.00 bits per heavy atom. The van der Waals surface area contributed by atoms with Gasteiger partial charge in [-0.3, -0.25) is 14.4 Å². The predicted octanol–water partition coefficient (Wildman–Crippen LogP) is 1.49. The van der Waals surface area contributed by atoms with Crippen molar-refractivity contribution >= 4 is 23.8 Å². The van der Waals surface area contributed by atoms with Crippen molar-refractivity contribution < 1.29 is 46.9 Å². The SMILES string of the molecule is COC(=O)C(C(=O)OC)[C@@H](C)[C@@H](NC(=O)c1ccc(C(F)(F)F)cc1)C(=O)O. The van der Waals surface area contributed by atoms with E-state index in [0.717, 1.165) is 26.4 Å². The van der Waals surface area contributed by atoms with Crippen LogP contribution in [-0.4, -0.2) is 49.2 Å². The molecule has 0 bridgehead atoms. The lowest BCUT2D eigenvalue weighted by Crippen LogP contribution is -2.50. The second kappa shape index (κ2) is 9.20. The molecule has 0 unspecified atom stereocenters. The van der Waals surface area contributed by atoms with Gasteiger partial charge in [0.1, 0.15) is 6.04 Å². The van der Waals surface area contributed by atoms with Crippen LogP contribution in [0.4, 0.5) is 13.2 Å². The molecule has 0 fully saturated rings. The molecule has 0 aliphatic heterocycles. The zero-order valence-corrected chi connectivity index (χ0v) is 15.1.